The summed E-state index contributed by atoms with van der Waals surface area (Å²) in [6, 6.07) is 0.476. The fraction of sp³-hybridized carbons (Fsp3) is 0.929. The Kier molecular flexibility index (Phi) is 6.29. The van der Waals surface area contributed by atoms with Gasteiger partial charge in [-0.15, -0.1) is 0 Å². The molecular formula is C14H28N4O2S. The Balaban J connectivity index is 1.63. The van der Waals surface area contributed by atoms with E-state index in [1.807, 2.05) is 0 Å². The molecule has 0 heterocycles. The third-order valence-corrected chi connectivity index (χ3v) is 5.75. The molecule has 2 fully saturated rings. The normalized spacial score (nSPS) is 21.3. The van der Waals surface area contributed by atoms with Gasteiger partial charge in [-0.3, -0.25) is 4.99 Å². The van der Waals surface area contributed by atoms with Crippen LogP contribution in [0.1, 0.15) is 44.9 Å². The lowest BCUT2D eigenvalue weighted by Gasteiger charge is -2.25. The zero-order valence-corrected chi connectivity index (χ0v) is 13.7. The van der Waals surface area contributed by atoms with Crippen molar-refractivity contribution >= 4 is 16.0 Å². The van der Waals surface area contributed by atoms with Crippen molar-refractivity contribution in [2.75, 3.05) is 25.9 Å². The topological polar surface area (TPSA) is 82.6 Å². The molecule has 2 rings (SSSR count). The van der Waals surface area contributed by atoms with Gasteiger partial charge in [-0.2, -0.15) is 0 Å². The molecule has 2 aliphatic rings. The molecule has 0 spiro atoms. The van der Waals surface area contributed by atoms with Gasteiger partial charge in [0.1, 0.15) is 0 Å². The number of hydrogen-bond donors (Lipinski definition) is 3. The first-order valence-corrected chi connectivity index (χ1v) is 9.69. The maximum absolute atomic E-state index is 11.9. The van der Waals surface area contributed by atoms with Crippen molar-refractivity contribution in [2.24, 2.45) is 10.9 Å². The average Bonchev–Trinajstić information content (AvgIpc) is 2.88. The Labute approximate surface area is 128 Å². The number of aliphatic imine (C=N–C) groups is 1. The van der Waals surface area contributed by atoms with Crippen molar-refractivity contribution in [1.82, 2.24) is 15.4 Å². The number of rotatable bonds is 7. The second-order valence-electron chi connectivity index (χ2n) is 6.09. The standard InChI is InChI=1S/C14H28N4O2S/c1-15-14(18-13-7-2-3-8-13)16-9-10-21(19,20)17-11-12-5-4-6-12/h12-13,17H,2-11H2,1H3,(H2,15,16,18). The Hall–Kier alpha value is -0.820. The fourth-order valence-electron chi connectivity index (χ4n) is 2.78. The van der Waals surface area contributed by atoms with Gasteiger partial charge >= 0.3 is 0 Å². The van der Waals surface area contributed by atoms with Gasteiger partial charge in [0.25, 0.3) is 0 Å². The maximum Gasteiger partial charge on any atom is 0.213 e. The predicted molar refractivity (Wildman–Crippen MR) is 85.9 cm³/mol. The summed E-state index contributed by atoms with van der Waals surface area (Å²) < 4.78 is 26.5. The zero-order valence-electron chi connectivity index (χ0n) is 12.9. The minimum Gasteiger partial charge on any atom is -0.355 e. The largest absolute Gasteiger partial charge is 0.355 e. The van der Waals surface area contributed by atoms with Crippen LogP contribution in [-0.4, -0.2) is 46.3 Å². The van der Waals surface area contributed by atoms with Crippen LogP contribution < -0.4 is 15.4 Å². The quantitative estimate of drug-likeness (QED) is 0.479. The third kappa shape index (κ3) is 5.82. The number of nitrogens with one attached hydrogen (secondary N) is 3. The molecule has 7 heteroatoms. The van der Waals surface area contributed by atoms with E-state index < -0.39 is 10.0 Å². The van der Waals surface area contributed by atoms with Crippen LogP contribution in [0, 0.1) is 5.92 Å². The molecule has 0 aromatic rings. The van der Waals surface area contributed by atoms with Gasteiger partial charge in [0.05, 0.1) is 5.75 Å². The SMILES string of the molecule is CN=C(NCCS(=O)(=O)NCC1CCC1)NC1CCCC1. The molecule has 3 N–H and O–H groups in total. The Bertz CT molecular complexity index is 440. The summed E-state index contributed by atoms with van der Waals surface area (Å²) in [5.74, 6) is 1.34. The molecule has 2 aliphatic carbocycles. The third-order valence-electron chi connectivity index (χ3n) is 4.40. The van der Waals surface area contributed by atoms with Crippen molar-refractivity contribution in [1.29, 1.82) is 0 Å². The lowest BCUT2D eigenvalue weighted by Crippen LogP contribution is -2.45. The molecule has 0 aliphatic heterocycles. The molecule has 0 atom stereocenters. The molecular weight excluding hydrogens is 288 g/mol. The monoisotopic (exact) mass is 316 g/mol. The molecule has 0 aromatic heterocycles. The predicted octanol–water partition coefficient (Wildman–Crippen LogP) is 0.814. The van der Waals surface area contributed by atoms with Crippen molar-refractivity contribution in [3.05, 3.63) is 0 Å². The molecule has 0 radical (unpaired) electrons. The highest BCUT2D eigenvalue weighted by Crippen LogP contribution is 2.25. The van der Waals surface area contributed by atoms with Gasteiger partial charge in [0, 0.05) is 26.2 Å². The summed E-state index contributed by atoms with van der Waals surface area (Å²) in [6.07, 6.45) is 8.39. The van der Waals surface area contributed by atoms with Crippen LogP contribution >= 0.6 is 0 Å². The highest BCUT2D eigenvalue weighted by Gasteiger charge is 2.20. The van der Waals surface area contributed by atoms with Crippen LogP contribution in [-0.2, 0) is 10.0 Å². The summed E-state index contributed by atoms with van der Waals surface area (Å²) in [5.41, 5.74) is 0. The molecule has 0 aromatic carbocycles. The van der Waals surface area contributed by atoms with Gasteiger partial charge in [-0.25, -0.2) is 13.1 Å². The Morgan fingerprint density at radius 1 is 1.14 bits per heavy atom. The van der Waals surface area contributed by atoms with E-state index >= 15 is 0 Å². The van der Waals surface area contributed by atoms with Gasteiger partial charge in [0.15, 0.2) is 5.96 Å². The Morgan fingerprint density at radius 2 is 1.86 bits per heavy atom. The molecule has 0 bridgehead atoms. The molecule has 0 unspecified atom stereocenters. The first-order valence-electron chi connectivity index (χ1n) is 8.03. The average molecular weight is 316 g/mol. The number of sulfonamides is 1. The lowest BCUT2D eigenvalue weighted by molar-refractivity contribution is 0.316. The van der Waals surface area contributed by atoms with Gasteiger partial charge in [0.2, 0.25) is 10.0 Å². The number of hydrogen-bond acceptors (Lipinski definition) is 3. The smallest absolute Gasteiger partial charge is 0.213 e. The van der Waals surface area contributed by atoms with Crippen LogP contribution in [0.3, 0.4) is 0 Å². The van der Waals surface area contributed by atoms with Crippen LogP contribution in [0.15, 0.2) is 4.99 Å². The van der Waals surface area contributed by atoms with E-state index in [1.165, 1.54) is 32.1 Å². The minimum absolute atomic E-state index is 0.0884. The molecule has 2 saturated carbocycles. The maximum atomic E-state index is 11.9. The van der Waals surface area contributed by atoms with Crippen LogP contribution in [0.25, 0.3) is 0 Å². The second kappa shape index (κ2) is 7.98. The van der Waals surface area contributed by atoms with Crippen LogP contribution in [0.5, 0.6) is 0 Å². The van der Waals surface area contributed by atoms with Crippen molar-refractivity contribution in [3.63, 3.8) is 0 Å². The fourth-order valence-corrected chi connectivity index (χ4v) is 3.78. The van der Waals surface area contributed by atoms with Crippen molar-refractivity contribution in [3.8, 4) is 0 Å². The van der Waals surface area contributed by atoms with E-state index in [4.69, 9.17) is 0 Å². The summed E-state index contributed by atoms with van der Waals surface area (Å²) in [6.45, 7) is 0.976. The first kappa shape index (κ1) is 16.5. The van der Waals surface area contributed by atoms with E-state index in [2.05, 4.69) is 20.3 Å². The highest BCUT2D eigenvalue weighted by atomic mass is 32.2. The van der Waals surface area contributed by atoms with Crippen molar-refractivity contribution < 1.29 is 8.42 Å². The molecule has 0 amide bonds. The Morgan fingerprint density at radius 3 is 2.43 bits per heavy atom. The summed E-state index contributed by atoms with van der Waals surface area (Å²) in [4.78, 5) is 4.15. The van der Waals surface area contributed by atoms with Gasteiger partial charge in [-0.1, -0.05) is 19.3 Å². The first-order chi connectivity index (χ1) is 10.1. The van der Waals surface area contributed by atoms with Crippen LogP contribution in [0.2, 0.25) is 0 Å². The van der Waals surface area contributed by atoms with Crippen LogP contribution in [0.4, 0.5) is 0 Å². The molecule has 122 valence electrons. The molecule has 6 nitrogen and oxygen atoms in total. The number of guanidine groups is 1. The minimum atomic E-state index is -3.18. The molecule has 0 saturated heterocycles. The van der Waals surface area contributed by atoms with E-state index in [0.717, 1.165) is 12.8 Å². The second-order valence-corrected chi connectivity index (χ2v) is 8.02. The summed E-state index contributed by atoms with van der Waals surface area (Å²) >= 11 is 0. The zero-order chi connectivity index (χ0) is 15.1. The number of nitrogens with zero attached hydrogens (tertiary/aromatic N) is 1. The van der Waals surface area contributed by atoms with E-state index in [-0.39, 0.29) is 5.75 Å². The summed E-state index contributed by atoms with van der Waals surface area (Å²) in [5, 5.41) is 6.43. The van der Waals surface area contributed by atoms with Crippen molar-refractivity contribution in [2.45, 2.75) is 51.0 Å². The van der Waals surface area contributed by atoms with Gasteiger partial charge < -0.3 is 10.6 Å². The van der Waals surface area contributed by atoms with E-state index in [9.17, 15) is 8.42 Å². The van der Waals surface area contributed by atoms with Gasteiger partial charge in [-0.05, 0) is 31.6 Å². The van der Waals surface area contributed by atoms with E-state index in [1.54, 1.807) is 7.05 Å². The van der Waals surface area contributed by atoms with E-state index in [0.29, 0.717) is 31.0 Å². The highest BCUT2D eigenvalue weighted by molar-refractivity contribution is 7.89. The molecule has 21 heavy (non-hydrogen) atoms. The lowest BCUT2D eigenvalue weighted by atomic mass is 9.86. The summed E-state index contributed by atoms with van der Waals surface area (Å²) in [7, 11) is -1.46.